The first-order valence-electron chi connectivity index (χ1n) is 6.15. The SMILES string of the molecule is CN(C(=O)c1ccc(Cl)nn1)C1CCCNCC1. The Hall–Kier alpha value is -1.20. The molecule has 6 heteroatoms. The molecule has 2 rings (SSSR count). The fourth-order valence-electron chi connectivity index (χ4n) is 2.16. The molecule has 1 amide bonds. The minimum absolute atomic E-state index is 0.0916. The van der Waals surface area contributed by atoms with E-state index in [9.17, 15) is 4.79 Å². The van der Waals surface area contributed by atoms with Crippen molar-refractivity contribution in [3.8, 4) is 0 Å². The lowest BCUT2D eigenvalue weighted by Crippen LogP contribution is -2.38. The first-order chi connectivity index (χ1) is 8.68. The monoisotopic (exact) mass is 268 g/mol. The highest BCUT2D eigenvalue weighted by Gasteiger charge is 2.23. The number of nitrogens with one attached hydrogen (secondary N) is 1. The molecule has 2 heterocycles. The van der Waals surface area contributed by atoms with Gasteiger partial charge in [-0.2, -0.15) is 0 Å². The predicted molar refractivity (Wildman–Crippen MR) is 69.6 cm³/mol. The van der Waals surface area contributed by atoms with E-state index >= 15 is 0 Å². The molecule has 5 nitrogen and oxygen atoms in total. The number of aromatic nitrogens is 2. The van der Waals surface area contributed by atoms with Gasteiger partial charge in [0.2, 0.25) is 0 Å². The largest absolute Gasteiger partial charge is 0.337 e. The number of amides is 1. The lowest BCUT2D eigenvalue weighted by atomic mass is 10.1. The summed E-state index contributed by atoms with van der Waals surface area (Å²) in [5.41, 5.74) is 0.346. The number of rotatable bonds is 2. The van der Waals surface area contributed by atoms with Crippen molar-refractivity contribution in [1.82, 2.24) is 20.4 Å². The molecule has 1 saturated heterocycles. The summed E-state index contributed by atoms with van der Waals surface area (Å²) in [5.74, 6) is -0.0916. The van der Waals surface area contributed by atoms with Crippen LogP contribution in [0.3, 0.4) is 0 Å². The quantitative estimate of drug-likeness (QED) is 0.880. The van der Waals surface area contributed by atoms with E-state index in [2.05, 4.69) is 15.5 Å². The normalized spacial score (nSPS) is 20.2. The van der Waals surface area contributed by atoms with Crippen LogP contribution in [0.1, 0.15) is 29.8 Å². The van der Waals surface area contributed by atoms with Crippen LogP contribution in [0.25, 0.3) is 0 Å². The summed E-state index contributed by atoms with van der Waals surface area (Å²) in [6.45, 7) is 1.98. The standard InChI is InChI=1S/C12H17ClN4O/c1-17(9-3-2-7-14-8-6-9)12(18)10-4-5-11(13)16-15-10/h4-5,9,14H,2-3,6-8H2,1H3. The molecule has 0 aromatic carbocycles. The van der Waals surface area contributed by atoms with E-state index in [1.165, 1.54) is 0 Å². The van der Waals surface area contributed by atoms with Gasteiger partial charge < -0.3 is 10.2 Å². The van der Waals surface area contributed by atoms with Crippen LogP contribution in [0, 0.1) is 0 Å². The van der Waals surface area contributed by atoms with Crippen LogP contribution in [-0.4, -0.2) is 47.2 Å². The van der Waals surface area contributed by atoms with Gasteiger partial charge in [-0.3, -0.25) is 4.79 Å². The Labute approximate surface area is 112 Å². The van der Waals surface area contributed by atoms with E-state index in [1.807, 2.05) is 7.05 Å². The third-order valence-corrected chi connectivity index (χ3v) is 3.47. The molecule has 18 heavy (non-hydrogen) atoms. The van der Waals surface area contributed by atoms with E-state index in [4.69, 9.17) is 11.6 Å². The first-order valence-corrected chi connectivity index (χ1v) is 6.53. The van der Waals surface area contributed by atoms with E-state index in [0.717, 1.165) is 32.4 Å². The molecule has 0 bridgehead atoms. The van der Waals surface area contributed by atoms with Crippen molar-refractivity contribution in [2.75, 3.05) is 20.1 Å². The first kappa shape index (κ1) is 13.2. The molecule has 1 atom stereocenters. The molecular weight excluding hydrogens is 252 g/mol. The van der Waals surface area contributed by atoms with Gasteiger partial charge in [0.1, 0.15) is 0 Å². The smallest absolute Gasteiger partial charge is 0.274 e. The second kappa shape index (κ2) is 6.11. The van der Waals surface area contributed by atoms with E-state index in [0.29, 0.717) is 10.8 Å². The van der Waals surface area contributed by atoms with Gasteiger partial charge in [0, 0.05) is 13.1 Å². The van der Waals surface area contributed by atoms with Crippen LogP contribution < -0.4 is 5.32 Å². The average molecular weight is 269 g/mol. The maximum absolute atomic E-state index is 12.2. The van der Waals surface area contributed by atoms with Gasteiger partial charge in [0.25, 0.3) is 5.91 Å². The number of halogens is 1. The average Bonchev–Trinajstić information content (AvgIpc) is 2.67. The summed E-state index contributed by atoms with van der Waals surface area (Å²) in [6.07, 6.45) is 3.09. The molecule has 1 fully saturated rings. The summed E-state index contributed by atoms with van der Waals surface area (Å²) < 4.78 is 0. The van der Waals surface area contributed by atoms with Crippen molar-refractivity contribution in [2.24, 2.45) is 0 Å². The molecule has 1 N–H and O–H groups in total. The zero-order chi connectivity index (χ0) is 13.0. The summed E-state index contributed by atoms with van der Waals surface area (Å²) in [4.78, 5) is 14.0. The lowest BCUT2D eigenvalue weighted by molar-refractivity contribution is 0.0713. The van der Waals surface area contributed by atoms with Crippen molar-refractivity contribution in [1.29, 1.82) is 0 Å². The molecule has 1 aliphatic heterocycles. The molecule has 0 saturated carbocycles. The minimum atomic E-state index is -0.0916. The van der Waals surface area contributed by atoms with Crippen molar-refractivity contribution in [3.63, 3.8) is 0 Å². The molecule has 0 spiro atoms. The fourth-order valence-corrected chi connectivity index (χ4v) is 2.27. The Morgan fingerprint density at radius 3 is 2.94 bits per heavy atom. The number of nitrogens with zero attached hydrogens (tertiary/aromatic N) is 3. The van der Waals surface area contributed by atoms with Gasteiger partial charge >= 0.3 is 0 Å². The van der Waals surface area contributed by atoms with Crippen LogP contribution >= 0.6 is 11.6 Å². The maximum atomic E-state index is 12.2. The molecule has 98 valence electrons. The van der Waals surface area contributed by atoms with Crippen LogP contribution in [0.15, 0.2) is 12.1 Å². The van der Waals surface area contributed by atoms with Crippen molar-refractivity contribution in [3.05, 3.63) is 23.0 Å². The zero-order valence-electron chi connectivity index (χ0n) is 10.4. The molecule has 0 radical (unpaired) electrons. The van der Waals surface area contributed by atoms with Crippen LogP contribution in [0.2, 0.25) is 5.15 Å². The Bertz CT molecular complexity index is 401. The van der Waals surface area contributed by atoms with Crippen LogP contribution in [0.5, 0.6) is 0 Å². The van der Waals surface area contributed by atoms with E-state index in [1.54, 1.807) is 17.0 Å². The minimum Gasteiger partial charge on any atom is -0.337 e. The second-order valence-corrected chi connectivity index (χ2v) is 4.88. The predicted octanol–water partition coefficient (Wildman–Crippen LogP) is 1.34. The Morgan fingerprint density at radius 2 is 2.22 bits per heavy atom. The Balaban J connectivity index is 2.05. The summed E-state index contributed by atoms with van der Waals surface area (Å²) >= 11 is 5.66. The molecule has 0 aliphatic carbocycles. The molecule has 1 unspecified atom stereocenters. The van der Waals surface area contributed by atoms with Crippen LogP contribution in [-0.2, 0) is 0 Å². The summed E-state index contributed by atoms with van der Waals surface area (Å²) in [5, 5.41) is 11.2. The lowest BCUT2D eigenvalue weighted by Gasteiger charge is -2.26. The number of carbonyl (C=O) groups excluding carboxylic acids is 1. The second-order valence-electron chi connectivity index (χ2n) is 4.49. The van der Waals surface area contributed by atoms with Gasteiger partial charge in [-0.15, -0.1) is 10.2 Å². The number of hydrogen-bond acceptors (Lipinski definition) is 4. The van der Waals surface area contributed by atoms with Gasteiger partial charge in [-0.1, -0.05) is 11.6 Å². The van der Waals surface area contributed by atoms with E-state index < -0.39 is 0 Å². The van der Waals surface area contributed by atoms with Gasteiger partial charge in [0.15, 0.2) is 10.8 Å². The zero-order valence-corrected chi connectivity index (χ0v) is 11.2. The maximum Gasteiger partial charge on any atom is 0.274 e. The highest BCUT2D eigenvalue weighted by atomic mass is 35.5. The van der Waals surface area contributed by atoms with Gasteiger partial charge in [0.05, 0.1) is 0 Å². The van der Waals surface area contributed by atoms with Crippen molar-refractivity contribution in [2.45, 2.75) is 25.3 Å². The van der Waals surface area contributed by atoms with Crippen molar-refractivity contribution >= 4 is 17.5 Å². The molecule has 1 aromatic rings. The highest BCUT2D eigenvalue weighted by Crippen LogP contribution is 2.14. The number of hydrogen-bond donors (Lipinski definition) is 1. The van der Waals surface area contributed by atoms with E-state index in [-0.39, 0.29) is 11.9 Å². The molecule has 1 aromatic heterocycles. The van der Waals surface area contributed by atoms with Crippen molar-refractivity contribution < 1.29 is 4.79 Å². The highest BCUT2D eigenvalue weighted by molar-refractivity contribution is 6.29. The third-order valence-electron chi connectivity index (χ3n) is 3.26. The Morgan fingerprint density at radius 1 is 1.39 bits per heavy atom. The van der Waals surface area contributed by atoms with Gasteiger partial charge in [-0.25, -0.2) is 0 Å². The topological polar surface area (TPSA) is 58.1 Å². The van der Waals surface area contributed by atoms with Crippen LogP contribution in [0.4, 0.5) is 0 Å². The third kappa shape index (κ3) is 3.17. The molecule has 1 aliphatic rings. The van der Waals surface area contributed by atoms with Gasteiger partial charge in [-0.05, 0) is 44.5 Å². The molecular formula is C12H17ClN4O. The fraction of sp³-hybridized carbons (Fsp3) is 0.583. The number of carbonyl (C=O) groups is 1. The summed E-state index contributed by atoms with van der Waals surface area (Å²) in [6, 6.07) is 3.47. The Kier molecular flexibility index (Phi) is 4.49. The summed E-state index contributed by atoms with van der Waals surface area (Å²) in [7, 11) is 1.83.